The summed E-state index contributed by atoms with van der Waals surface area (Å²) in [6, 6.07) is 1.57. The molecule has 0 atom stereocenters. The highest BCUT2D eigenvalue weighted by Crippen LogP contribution is 2.00. The molecule has 5 nitrogen and oxygen atoms in total. The van der Waals surface area contributed by atoms with Crippen molar-refractivity contribution < 1.29 is 9.32 Å². The molecule has 0 aliphatic carbocycles. The molecule has 1 aromatic rings. The zero-order valence-corrected chi connectivity index (χ0v) is 8.56. The first-order valence-electron chi connectivity index (χ1n) is 4.09. The smallest absolute Gasteiger partial charge is 0.273 e. The maximum atomic E-state index is 11.3. The van der Waals surface area contributed by atoms with Crippen molar-refractivity contribution in [3.63, 3.8) is 0 Å². The maximum absolute atomic E-state index is 11.3. The fourth-order valence-electron chi connectivity index (χ4n) is 0.863. The van der Waals surface area contributed by atoms with Gasteiger partial charge in [-0.15, -0.1) is 0 Å². The fraction of sp³-hybridized carbons (Fsp3) is 0.375. The van der Waals surface area contributed by atoms with Gasteiger partial charge in [-0.1, -0.05) is 17.4 Å². The van der Waals surface area contributed by atoms with Crippen LogP contribution in [0.2, 0.25) is 0 Å². The lowest BCUT2D eigenvalue weighted by Gasteiger charge is -2.00. The summed E-state index contributed by atoms with van der Waals surface area (Å²) in [7, 11) is 0. The number of nitrogens with two attached hydrogens (primary N) is 1. The van der Waals surface area contributed by atoms with Crippen LogP contribution in [0.15, 0.2) is 10.6 Å². The van der Waals surface area contributed by atoms with Crippen LogP contribution < -0.4 is 11.1 Å². The van der Waals surface area contributed by atoms with E-state index in [1.54, 1.807) is 13.0 Å². The Labute approximate surface area is 86.6 Å². The van der Waals surface area contributed by atoms with Gasteiger partial charge in [0.05, 0.1) is 4.99 Å². The van der Waals surface area contributed by atoms with Crippen LogP contribution in [0.3, 0.4) is 0 Å². The summed E-state index contributed by atoms with van der Waals surface area (Å²) in [5.41, 5.74) is 5.54. The van der Waals surface area contributed by atoms with Gasteiger partial charge in [-0.05, 0) is 6.92 Å². The first-order valence-corrected chi connectivity index (χ1v) is 4.50. The number of aryl methyl sites for hydroxylation is 1. The Bertz CT molecular complexity index is 348. The Hall–Kier alpha value is -1.43. The number of rotatable bonds is 4. The fourth-order valence-corrected chi connectivity index (χ4v) is 0.965. The molecule has 0 radical (unpaired) electrons. The SMILES string of the molecule is Cc1cc(C(=O)NCCC(N)=S)no1. The molecule has 0 saturated carbocycles. The van der Waals surface area contributed by atoms with Crippen molar-refractivity contribution in [3.05, 3.63) is 17.5 Å². The highest BCUT2D eigenvalue weighted by Gasteiger charge is 2.09. The lowest BCUT2D eigenvalue weighted by atomic mass is 10.3. The highest BCUT2D eigenvalue weighted by atomic mass is 32.1. The number of nitrogens with zero attached hydrogens (tertiary/aromatic N) is 1. The van der Waals surface area contributed by atoms with E-state index < -0.39 is 0 Å². The first kappa shape index (κ1) is 10.6. The molecule has 14 heavy (non-hydrogen) atoms. The van der Waals surface area contributed by atoms with Crippen molar-refractivity contribution in [2.24, 2.45) is 5.73 Å². The van der Waals surface area contributed by atoms with Gasteiger partial charge in [0.25, 0.3) is 5.91 Å². The van der Waals surface area contributed by atoms with E-state index in [1.807, 2.05) is 0 Å². The average Bonchev–Trinajstić information content (AvgIpc) is 2.51. The molecule has 0 fully saturated rings. The minimum atomic E-state index is -0.280. The highest BCUT2D eigenvalue weighted by molar-refractivity contribution is 7.80. The van der Waals surface area contributed by atoms with Gasteiger partial charge in [-0.2, -0.15) is 0 Å². The quantitative estimate of drug-likeness (QED) is 0.707. The molecule has 1 rings (SSSR count). The second kappa shape index (κ2) is 4.71. The van der Waals surface area contributed by atoms with Crippen molar-refractivity contribution >= 4 is 23.1 Å². The minimum absolute atomic E-state index is 0.269. The summed E-state index contributed by atoms with van der Waals surface area (Å²) in [5, 5.41) is 6.18. The van der Waals surface area contributed by atoms with Crippen LogP contribution in [0.1, 0.15) is 22.7 Å². The van der Waals surface area contributed by atoms with Crippen LogP contribution in [0.4, 0.5) is 0 Å². The number of amides is 1. The minimum Gasteiger partial charge on any atom is -0.393 e. The Morgan fingerprint density at radius 1 is 1.79 bits per heavy atom. The van der Waals surface area contributed by atoms with Crippen LogP contribution in [-0.4, -0.2) is 22.6 Å². The summed E-state index contributed by atoms with van der Waals surface area (Å²) < 4.78 is 4.75. The van der Waals surface area contributed by atoms with Gasteiger partial charge >= 0.3 is 0 Å². The lowest BCUT2D eigenvalue weighted by molar-refractivity contribution is 0.0946. The summed E-state index contributed by atoms with van der Waals surface area (Å²) in [6.45, 7) is 2.14. The number of thiocarbonyl (C=S) groups is 1. The van der Waals surface area contributed by atoms with Crippen molar-refractivity contribution in [2.45, 2.75) is 13.3 Å². The molecule has 1 aromatic heterocycles. The number of carbonyl (C=O) groups is 1. The van der Waals surface area contributed by atoms with Crippen LogP contribution in [0.25, 0.3) is 0 Å². The normalized spacial score (nSPS) is 9.79. The van der Waals surface area contributed by atoms with Crippen molar-refractivity contribution in [1.29, 1.82) is 0 Å². The third-order valence-electron chi connectivity index (χ3n) is 1.52. The molecule has 1 amide bonds. The molecule has 0 saturated heterocycles. The van der Waals surface area contributed by atoms with E-state index in [2.05, 4.69) is 22.7 Å². The molecular formula is C8H11N3O2S. The predicted octanol–water partition coefficient (Wildman–Crippen LogP) is 0.389. The van der Waals surface area contributed by atoms with Crippen LogP contribution >= 0.6 is 12.2 Å². The topological polar surface area (TPSA) is 81.2 Å². The third-order valence-corrected chi connectivity index (χ3v) is 1.72. The maximum Gasteiger partial charge on any atom is 0.273 e. The van der Waals surface area contributed by atoms with E-state index in [9.17, 15) is 4.79 Å². The summed E-state index contributed by atoms with van der Waals surface area (Å²) >= 11 is 4.66. The van der Waals surface area contributed by atoms with E-state index in [-0.39, 0.29) is 11.6 Å². The molecule has 0 aliphatic heterocycles. The van der Waals surface area contributed by atoms with E-state index in [0.29, 0.717) is 23.7 Å². The van der Waals surface area contributed by atoms with Gasteiger partial charge in [-0.3, -0.25) is 4.79 Å². The summed E-state index contributed by atoms with van der Waals surface area (Å²) in [5.74, 6) is 0.322. The van der Waals surface area contributed by atoms with E-state index in [4.69, 9.17) is 10.3 Å². The molecule has 3 N–H and O–H groups in total. The van der Waals surface area contributed by atoms with Gasteiger partial charge in [-0.25, -0.2) is 0 Å². The number of hydrogen-bond donors (Lipinski definition) is 2. The van der Waals surface area contributed by atoms with E-state index in [0.717, 1.165) is 0 Å². The third kappa shape index (κ3) is 3.14. The number of carbonyl (C=O) groups excluding carboxylic acids is 1. The van der Waals surface area contributed by atoms with Gasteiger partial charge < -0.3 is 15.6 Å². The number of aromatic nitrogens is 1. The van der Waals surface area contributed by atoms with E-state index in [1.165, 1.54) is 0 Å². The summed E-state index contributed by atoms with van der Waals surface area (Å²) in [6.07, 6.45) is 0.484. The second-order valence-corrected chi connectivity index (χ2v) is 3.32. The lowest BCUT2D eigenvalue weighted by Crippen LogP contribution is -2.27. The second-order valence-electron chi connectivity index (χ2n) is 2.80. The molecule has 0 aromatic carbocycles. The molecule has 6 heteroatoms. The summed E-state index contributed by atoms with van der Waals surface area (Å²) in [4.78, 5) is 11.7. The average molecular weight is 213 g/mol. The number of hydrogen-bond acceptors (Lipinski definition) is 4. The van der Waals surface area contributed by atoms with Crippen LogP contribution in [-0.2, 0) is 0 Å². The van der Waals surface area contributed by atoms with E-state index >= 15 is 0 Å². The predicted molar refractivity (Wildman–Crippen MR) is 55.0 cm³/mol. The molecule has 1 heterocycles. The van der Waals surface area contributed by atoms with Crippen molar-refractivity contribution in [3.8, 4) is 0 Å². The zero-order chi connectivity index (χ0) is 10.6. The Balaban J connectivity index is 2.39. The van der Waals surface area contributed by atoms with Crippen molar-refractivity contribution in [1.82, 2.24) is 10.5 Å². The van der Waals surface area contributed by atoms with Gasteiger partial charge in [0.2, 0.25) is 0 Å². The van der Waals surface area contributed by atoms with Gasteiger partial charge in [0, 0.05) is 19.0 Å². The van der Waals surface area contributed by atoms with Crippen LogP contribution in [0.5, 0.6) is 0 Å². The molecular weight excluding hydrogens is 202 g/mol. The monoisotopic (exact) mass is 213 g/mol. The Morgan fingerprint density at radius 3 is 3.00 bits per heavy atom. The number of nitrogens with one attached hydrogen (secondary N) is 1. The largest absolute Gasteiger partial charge is 0.393 e. The van der Waals surface area contributed by atoms with Crippen molar-refractivity contribution in [2.75, 3.05) is 6.54 Å². The Kier molecular flexibility index (Phi) is 3.58. The molecule has 0 spiro atoms. The molecule has 0 bridgehead atoms. The molecule has 0 aliphatic rings. The van der Waals surface area contributed by atoms with Crippen LogP contribution in [0, 0.1) is 6.92 Å². The van der Waals surface area contributed by atoms with Gasteiger partial charge in [0.15, 0.2) is 5.69 Å². The molecule has 0 unspecified atom stereocenters. The molecule has 76 valence electrons. The van der Waals surface area contributed by atoms with Gasteiger partial charge in [0.1, 0.15) is 5.76 Å². The Morgan fingerprint density at radius 2 is 2.50 bits per heavy atom. The zero-order valence-electron chi connectivity index (χ0n) is 7.74. The first-order chi connectivity index (χ1) is 6.59. The standard InChI is InChI=1S/C8H11N3O2S/c1-5-4-6(11-13-5)8(12)10-3-2-7(9)14/h4H,2-3H2,1H3,(H2,9,14)(H,10,12).